The number of benzene rings is 1. The molecule has 0 spiro atoms. The molecule has 2 aliphatic heterocycles. The van der Waals surface area contributed by atoms with Gasteiger partial charge in [-0.25, -0.2) is 14.8 Å². The number of nitriles is 1. The maximum absolute atomic E-state index is 12.6. The van der Waals surface area contributed by atoms with Crippen molar-refractivity contribution in [1.29, 1.82) is 5.26 Å². The molecule has 5 rings (SSSR count). The van der Waals surface area contributed by atoms with Crippen LogP contribution < -0.4 is 15.5 Å². The number of hydrogen-bond donors (Lipinski definition) is 2. The van der Waals surface area contributed by atoms with Gasteiger partial charge in [0.05, 0.1) is 6.20 Å². The second kappa shape index (κ2) is 10.8. The van der Waals surface area contributed by atoms with Gasteiger partial charge in [-0.3, -0.25) is 9.69 Å². The minimum absolute atomic E-state index is 0.0498. The number of ether oxygens (including phenoxy) is 1. The van der Waals surface area contributed by atoms with Crippen LogP contribution in [0.3, 0.4) is 0 Å². The predicted molar refractivity (Wildman–Crippen MR) is 151 cm³/mol. The van der Waals surface area contributed by atoms with Gasteiger partial charge in [0.15, 0.2) is 5.82 Å². The van der Waals surface area contributed by atoms with Gasteiger partial charge in [-0.05, 0) is 81.5 Å². The first-order valence-corrected chi connectivity index (χ1v) is 13.3. The van der Waals surface area contributed by atoms with Gasteiger partial charge in [-0.2, -0.15) is 10.2 Å². The minimum atomic E-state index is -0.541. The van der Waals surface area contributed by atoms with Crippen LogP contribution in [0.15, 0.2) is 36.5 Å². The molecule has 2 aromatic heterocycles. The standard InChI is InChI=1S/C29H32N8O3/c1-18-13-21(14-19-10-12-36(17-22(18)19)28(39)40-29(2,3)4)32-27-31-16-20(15-30)26(35-27)34-23-7-5-8-24(33-23)37-11-6-9-25(37)38/h5,7-8,13-14,16H,6,9-12,17H2,1-4H3,(H2,31,32,33,34,35). The smallest absolute Gasteiger partial charge is 0.410 e. The molecule has 0 saturated carbocycles. The summed E-state index contributed by atoms with van der Waals surface area (Å²) in [5, 5.41) is 16.0. The number of nitrogens with zero attached hydrogens (tertiary/aromatic N) is 6. The van der Waals surface area contributed by atoms with E-state index in [1.165, 1.54) is 6.20 Å². The van der Waals surface area contributed by atoms with Gasteiger partial charge in [-0.15, -0.1) is 0 Å². The molecule has 40 heavy (non-hydrogen) atoms. The number of carbonyl (C=O) groups excluding carboxylic acids is 2. The molecule has 1 saturated heterocycles. The molecule has 0 aliphatic carbocycles. The lowest BCUT2D eigenvalue weighted by atomic mass is 9.95. The maximum atomic E-state index is 12.6. The van der Waals surface area contributed by atoms with E-state index >= 15 is 0 Å². The lowest BCUT2D eigenvalue weighted by Crippen LogP contribution is -2.40. The highest BCUT2D eigenvalue weighted by atomic mass is 16.6. The van der Waals surface area contributed by atoms with Crippen LogP contribution in [0.5, 0.6) is 0 Å². The monoisotopic (exact) mass is 540 g/mol. The van der Waals surface area contributed by atoms with Crippen LogP contribution >= 0.6 is 0 Å². The lowest BCUT2D eigenvalue weighted by molar-refractivity contribution is -0.117. The molecule has 2 amide bonds. The Bertz CT molecular complexity index is 1510. The average Bonchev–Trinajstić information content (AvgIpc) is 3.34. The number of aromatic nitrogens is 3. The fourth-order valence-electron chi connectivity index (χ4n) is 4.82. The Morgan fingerprint density at radius 1 is 1.12 bits per heavy atom. The molecule has 1 fully saturated rings. The first kappa shape index (κ1) is 26.9. The number of hydrogen-bond acceptors (Lipinski definition) is 9. The quantitative estimate of drug-likeness (QED) is 0.460. The number of pyridine rings is 1. The van der Waals surface area contributed by atoms with Crippen molar-refractivity contribution in [3.63, 3.8) is 0 Å². The molecule has 2 N–H and O–H groups in total. The van der Waals surface area contributed by atoms with Crippen molar-refractivity contribution < 1.29 is 14.3 Å². The lowest BCUT2D eigenvalue weighted by Gasteiger charge is -2.32. The number of aryl methyl sites for hydroxylation is 1. The number of nitrogens with one attached hydrogen (secondary N) is 2. The van der Waals surface area contributed by atoms with Crippen LogP contribution in [0.25, 0.3) is 0 Å². The Morgan fingerprint density at radius 2 is 1.95 bits per heavy atom. The summed E-state index contributed by atoms with van der Waals surface area (Å²) in [6, 6.07) is 11.5. The summed E-state index contributed by atoms with van der Waals surface area (Å²) in [6.07, 6.45) is 3.17. The van der Waals surface area contributed by atoms with Gasteiger partial charge < -0.3 is 20.3 Å². The van der Waals surface area contributed by atoms with Gasteiger partial charge in [0, 0.05) is 31.7 Å². The van der Waals surface area contributed by atoms with Crippen LogP contribution in [-0.4, -0.2) is 50.5 Å². The van der Waals surface area contributed by atoms with Gasteiger partial charge in [-0.1, -0.05) is 6.07 Å². The average molecular weight is 541 g/mol. The summed E-state index contributed by atoms with van der Waals surface area (Å²) in [5.41, 5.74) is 3.82. The number of carbonyl (C=O) groups is 2. The van der Waals surface area contributed by atoms with Crippen molar-refractivity contribution in [2.45, 2.75) is 59.1 Å². The highest BCUT2D eigenvalue weighted by molar-refractivity contribution is 5.94. The van der Waals surface area contributed by atoms with Crippen LogP contribution in [-0.2, 0) is 22.5 Å². The van der Waals surface area contributed by atoms with Gasteiger partial charge in [0.1, 0.15) is 28.9 Å². The zero-order valence-corrected chi connectivity index (χ0v) is 23.1. The molecule has 0 bridgehead atoms. The maximum Gasteiger partial charge on any atom is 0.410 e. The van der Waals surface area contributed by atoms with Gasteiger partial charge in [0.25, 0.3) is 0 Å². The van der Waals surface area contributed by atoms with E-state index in [0.29, 0.717) is 55.9 Å². The van der Waals surface area contributed by atoms with Gasteiger partial charge >= 0.3 is 6.09 Å². The molecule has 3 aromatic rings. The molecule has 0 unspecified atom stereocenters. The third-order valence-electron chi connectivity index (χ3n) is 6.71. The first-order chi connectivity index (χ1) is 19.1. The summed E-state index contributed by atoms with van der Waals surface area (Å²) in [7, 11) is 0. The summed E-state index contributed by atoms with van der Waals surface area (Å²) >= 11 is 0. The molecule has 0 radical (unpaired) electrons. The fraction of sp³-hybridized carbons (Fsp3) is 0.379. The third kappa shape index (κ3) is 5.96. The van der Waals surface area contributed by atoms with E-state index in [4.69, 9.17) is 4.74 Å². The number of anilines is 5. The zero-order valence-electron chi connectivity index (χ0n) is 23.1. The molecular weight excluding hydrogens is 508 g/mol. The van der Waals surface area contributed by atoms with Crippen molar-refractivity contribution >= 4 is 41.1 Å². The zero-order chi connectivity index (χ0) is 28.4. The van der Waals surface area contributed by atoms with E-state index in [2.05, 4.69) is 31.7 Å². The number of fused-ring (bicyclic) bond motifs is 1. The summed E-state index contributed by atoms with van der Waals surface area (Å²) in [6.45, 7) is 9.31. The van der Waals surface area contributed by atoms with Crippen LogP contribution in [0.4, 0.5) is 33.9 Å². The second-order valence-electron chi connectivity index (χ2n) is 10.9. The van der Waals surface area contributed by atoms with E-state index in [0.717, 1.165) is 28.8 Å². The molecular formula is C29H32N8O3. The van der Waals surface area contributed by atoms with E-state index in [-0.39, 0.29) is 17.6 Å². The Morgan fingerprint density at radius 3 is 2.67 bits per heavy atom. The summed E-state index contributed by atoms with van der Waals surface area (Å²) in [5.74, 6) is 1.71. The van der Waals surface area contributed by atoms with E-state index in [9.17, 15) is 14.9 Å². The van der Waals surface area contributed by atoms with Crippen molar-refractivity contribution in [3.8, 4) is 6.07 Å². The Balaban J connectivity index is 1.33. The molecule has 11 heteroatoms. The summed E-state index contributed by atoms with van der Waals surface area (Å²) in [4.78, 5) is 41.5. The molecule has 2 aliphatic rings. The Kier molecular flexibility index (Phi) is 7.26. The second-order valence-corrected chi connectivity index (χ2v) is 10.9. The SMILES string of the molecule is Cc1cc(Nc2ncc(C#N)c(Nc3cccc(N4CCCC4=O)n3)n2)cc2c1CN(C(=O)OC(C)(C)C)CC2. The predicted octanol–water partition coefficient (Wildman–Crippen LogP) is 4.96. The fourth-order valence-corrected chi connectivity index (χ4v) is 4.82. The van der Waals surface area contributed by atoms with Crippen LogP contribution in [0, 0.1) is 18.3 Å². The van der Waals surface area contributed by atoms with Gasteiger partial charge in [0.2, 0.25) is 11.9 Å². The Labute approximate surface area is 233 Å². The van der Waals surface area contributed by atoms with Crippen molar-refractivity contribution in [1.82, 2.24) is 19.9 Å². The van der Waals surface area contributed by atoms with E-state index in [1.54, 1.807) is 21.9 Å². The Hall–Kier alpha value is -4.72. The minimum Gasteiger partial charge on any atom is -0.444 e. The molecule has 1 aromatic carbocycles. The summed E-state index contributed by atoms with van der Waals surface area (Å²) < 4.78 is 5.55. The highest BCUT2D eigenvalue weighted by Gasteiger charge is 2.27. The molecule has 206 valence electrons. The molecule has 11 nitrogen and oxygen atoms in total. The van der Waals surface area contributed by atoms with Crippen molar-refractivity contribution in [2.75, 3.05) is 28.6 Å². The number of rotatable bonds is 5. The van der Waals surface area contributed by atoms with Crippen molar-refractivity contribution in [2.24, 2.45) is 0 Å². The molecule has 0 atom stereocenters. The number of amides is 2. The van der Waals surface area contributed by atoms with Crippen LogP contribution in [0.1, 0.15) is 55.9 Å². The van der Waals surface area contributed by atoms with Crippen molar-refractivity contribution in [3.05, 3.63) is 58.8 Å². The first-order valence-electron chi connectivity index (χ1n) is 13.3. The van der Waals surface area contributed by atoms with Crippen LogP contribution in [0.2, 0.25) is 0 Å². The normalized spacial score (nSPS) is 14.9. The third-order valence-corrected chi connectivity index (χ3v) is 6.71. The largest absolute Gasteiger partial charge is 0.444 e. The van der Waals surface area contributed by atoms with E-state index in [1.807, 2.05) is 45.9 Å². The molecule has 4 heterocycles. The topological polar surface area (TPSA) is 136 Å². The highest BCUT2D eigenvalue weighted by Crippen LogP contribution is 2.29. The van der Waals surface area contributed by atoms with E-state index < -0.39 is 5.60 Å².